The summed E-state index contributed by atoms with van der Waals surface area (Å²) < 4.78 is 1.82. The van der Waals surface area contributed by atoms with Crippen LogP contribution in [0.5, 0.6) is 0 Å². The molecule has 0 aliphatic heterocycles. The maximum atomic E-state index is 11.9. The number of aryl methyl sites for hydroxylation is 1. The zero-order chi connectivity index (χ0) is 14.4. The van der Waals surface area contributed by atoms with E-state index >= 15 is 0 Å². The lowest BCUT2D eigenvalue weighted by Crippen LogP contribution is -2.27. The Morgan fingerprint density at radius 1 is 1.47 bits per heavy atom. The number of aromatic nitrogens is 2. The molecule has 2 unspecified atom stereocenters. The van der Waals surface area contributed by atoms with Gasteiger partial charge in [-0.2, -0.15) is 5.10 Å². The minimum Gasteiger partial charge on any atom is -0.349 e. The molecule has 2 atom stereocenters. The molecule has 0 radical (unpaired) electrons. The van der Waals surface area contributed by atoms with Gasteiger partial charge in [-0.15, -0.1) is 0 Å². The molecule has 1 amide bonds. The highest BCUT2D eigenvalue weighted by molar-refractivity contribution is 5.76. The molecule has 0 saturated carbocycles. The molecule has 5 heteroatoms. The molecule has 3 N–H and O–H groups in total. The molecule has 0 aliphatic rings. The molecule has 108 valence electrons. The van der Waals surface area contributed by atoms with Gasteiger partial charge in [-0.05, 0) is 39.2 Å². The van der Waals surface area contributed by atoms with Crippen LogP contribution in [0.2, 0.25) is 0 Å². The molecule has 1 rings (SSSR count). The Morgan fingerprint density at radius 3 is 2.68 bits per heavy atom. The van der Waals surface area contributed by atoms with Gasteiger partial charge in [-0.3, -0.25) is 9.48 Å². The number of carbonyl (C=O) groups is 1. The maximum Gasteiger partial charge on any atom is 0.220 e. The first-order chi connectivity index (χ1) is 8.95. The standard InChI is InChI=1S/C14H26N4O/c1-10(7-8-15)5-6-14(19)17-11(2)13-9-16-18(4)12(13)3/h9-11H,5-8,15H2,1-4H3,(H,17,19). The van der Waals surface area contributed by atoms with Crippen molar-refractivity contribution < 1.29 is 4.79 Å². The molecule has 1 aromatic heterocycles. The Hall–Kier alpha value is -1.36. The Balaban J connectivity index is 2.42. The van der Waals surface area contributed by atoms with Gasteiger partial charge >= 0.3 is 0 Å². The third-order valence-electron chi connectivity index (χ3n) is 3.64. The van der Waals surface area contributed by atoms with Crippen molar-refractivity contribution in [3.63, 3.8) is 0 Å². The largest absolute Gasteiger partial charge is 0.349 e. The second-order valence-corrected chi connectivity index (χ2v) is 5.32. The number of hydrogen-bond donors (Lipinski definition) is 2. The van der Waals surface area contributed by atoms with Crippen LogP contribution >= 0.6 is 0 Å². The molecular formula is C14H26N4O. The molecule has 0 saturated heterocycles. The van der Waals surface area contributed by atoms with E-state index in [0.717, 1.165) is 24.1 Å². The third-order valence-corrected chi connectivity index (χ3v) is 3.64. The topological polar surface area (TPSA) is 72.9 Å². The predicted molar refractivity (Wildman–Crippen MR) is 76.6 cm³/mol. The Kier molecular flexibility index (Phi) is 6.02. The summed E-state index contributed by atoms with van der Waals surface area (Å²) >= 11 is 0. The Labute approximate surface area is 115 Å². The van der Waals surface area contributed by atoms with Crippen molar-refractivity contribution in [3.8, 4) is 0 Å². The molecule has 0 spiro atoms. The molecule has 1 aromatic rings. The average Bonchev–Trinajstić information content (AvgIpc) is 2.68. The van der Waals surface area contributed by atoms with Crippen LogP contribution in [0.4, 0.5) is 0 Å². The van der Waals surface area contributed by atoms with Crippen LogP contribution in [0.15, 0.2) is 6.20 Å². The highest BCUT2D eigenvalue weighted by atomic mass is 16.1. The predicted octanol–water partition coefficient (Wildman–Crippen LogP) is 1.67. The zero-order valence-electron chi connectivity index (χ0n) is 12.4. The molecular weight excluding hydrogens is 240 g/mol. The minimum atomic E-state index is 0.00557. The van der Waals surface area contributed by atoms with Gasteiger partial charge in [0.05, 0.1) is 12.2 Å². The van der Waals surface area contributed by atoms with Gasteiger partial charge in [0.1, 0.15) is 0 Å². The van der Waals surface area contributed by atoms with Crippen molar-refractivity contribution in [1.29, 1.82) is 0 Å². The lowest BCUT2D eigenvalue weighted by molar-refractivity contribution is -0.122. The summed E-state index contributed by atoms with van der Waals surface area (Å²) in [6, 6.07) is 0.00557. The van der Waals surface area contributed by atoms with Crippen molar-refractivity contribution in [2.75, 3.05) is 6.54 Å². The first-order valence-electron chi connectivity index (χ1n) is 6.93. The van der Waals surface area contributed by atoms with E-state index in [1.807, 2.05) is 31.8 Å². The average molecular weight is 266 g/mol. The number of rotatable bonds is 7. The molecule has 0 fully saturated rings. The fourth-order valence-corrected chi connectivity index (χ4v) is 2.14. The van der Waals surface area contributed by atoms with E-state index in [0.29, 0.717) is 18.9 Å². The van der Waals surface area contributed by atoms with E-state index in [2.05, 4.69) is 17.3 Å². The second-order valence-electron chi connectivity index (χ2n) is 5.32. The summed E-state index contributed by atoms with van der Waals surface area (Å²) in [6.07, 6.45) is 4.24. The van der Waals surface area contributed by atoms with Gasteiger partial charge in [0.15, 0.2) is 0 Å². The van der Waals surface area contributed by atoms with Crippen LogP contribution in [0.1, 0.15) is 50.4 Å². The number of carbonyl (C=O) groups excluding carboxylic acids is 1. The van der Waals surface area contributed by atoms with Crippen molar-refractivity contribution in [2.24, 2.45) is 18.7 Å². The molecule has 0 aliphatic carbocycles. The van der Waals surface area contributed by atoms with Crippen molar-refractivity contribution >= 4 is 5.91 Å². The van der Waals surface area contributed by atoms with Crippen molar-refractivity contribution in [3.05, 3.63) is 17.5 Å². The quantitative estimate of drug-likeness (QED) is 0.788. The van der Waals surface area contributed by atoms with E-state index in [1.165, 1.54) is 0 Å². The second kappa shape index (κ2) is 7.28. The highest BCUT2D eigenvalue weighted by Gasteiger charge is 2.14. The Morgan fingerprint density at radius 2 is 2.16 bits per heavy atom. The van der Waals surface area contributed by atoms with Gasteiger partial charge < -0.3 is 11.1 Å². The molecule has 0 aromatic carbocycles. The lowest BCUT2D eigenvalue weighted by atomic mass is 10.0. The monoisotopic (exact) mass is 266 g/mol. The Bertz CT molecular complexity index is 414. The van der Waals surface area contributed by atoms with Crippen LogP contribution in [0.3, 0.4) is 0 Å². The van der Waals surface area contributed by atoms with Crippen LogP contribution in [0.25, 0.3) is 0 Å². The SMILES string of the molecule is Cc1c(C(C)NC(=O)CCC(C)CCN)cnn1C. The number of nitrogens with two attached hydrogens (primary N) is 1. The molecule has 19 heavy (non-hydrogen) atoms. The number of nitrogens with one attached hydrogen (secondary N) is 1. The first-order valence-corrected chi connectivity index (χ1v) is 6.93. The van der Waals surface area contributed by atoms with Gasteiger partial charge in [0.25, 0.3) is 0 Å². The molecule has 1 heterocycles. The fourth-order valence-electron chi connectivity index (χ4n) is 2.14. The van der Waals surface area contributed by atoms with Crippen LogP contribution in [0, 0.1) is 12.8 Å². The molecule has 0 bridgehead atoms. The van der Waals surface area contributed by atoms with E-state index in [9.17, 15) is 4.79 Å². The van der Waals surface area contributed by atoms with Crippen molar-refractivity contribution in [2.45, 2.75) is 46.1 Å². The van der Waals surface area contributed by atoms with E-state index in [-0.39, 0.29) is 11.9 Å². The van der Waals surface area contributed by atoms with Crippen molar-refractivity contribution in [1.82, 2.24) is 15.1 Å². The van der Waals surface area contributed by atoms with E-state index < -0.39 is 0 Å². The fraction of sp³-hybridized carbons (Fsp3) is 0.714. The number of nitrogens with zero attached hydrogens (tertiary/aromatic N) is 2. The first kappa shape index (κ1) is 15.7. The van der Waals surface area contributed by atoms with Gasteiger partial charge in [0, 0.05) is 24.7 Å². The van der Waals surface area contributed by atoms with E-state index in [1.54, 1.807) is 0 Å². The third kappa shape index (κ3) is 4.67. The van der Waals surface area contributed by atoms with Gasteiger partial charge in [0.2, 0.25) is 5.91 Å². The van der Waals surface area contributed by atoms with E-state index in [4.69, 9.17) is 5.73 Å². The highest BCUT2D eigenvalue weighted by Crippen LogP contribution is 2.16. The zero-order valence-corrected chi connectivity index (χ0v) is 12.4. The summed E-state index contributed by atoms with van der Waals surface area (Å²) in [4.78, 5) is 11.9. The molecule has 5 nitrogen and oxygen atoms in total. The smallest absolute Gasteiger partial charge is 0.220 e. The lowest BCUT2D eigenvalue weighted by Gasteiger charge is -2.15. The van der Waals surface area contributed by atoms with Crippen LogP contribution in [-0.4, -0.2) is 22.2 Å². The minimum absolute atomic E-state index is 0.00557. The summed E-state index contributed by atoms with van der Waals surface area (Å²) in [5.41, 5.74) is 7.66. The summed E-state index contributed by atoms with van der Waals surface area (Å²) in [5.74, 6) is 0.603. The summed E-state index contributed by atoms with van der Waals surface area (Å²) in [6.45, 7) is 6.82. The maximum absolute atomic E-state index is 11.9. The van der Waals surface area contributed by atoms with Crippen LogP contribution in [-0.2, 0) is 11.8 Å². The summed E-state index contributed by atoms with van der Waals surface area (Å²) in [5, 5.41) is 7.22. The summed E-state index contributed by atoms with van der Waals surface area (Å²) in [7, 11) is 1.90. The van der Waals surface area contributed by atoms with Crippen LogP contribution < -0.4 is 11.1 Å². The van der Waals surface area contributed by atoms with Gasteiger partial charge in [-0.25, -0.2) is 0 Å². The number of amides is 1. The normalized spacial score (nSPS) is 14.2. The number of hydrogen-bond acceptors (Lipinski definition) is 3. The van der Waals surface area contributed by atoms with Gasteiger partial charge in [-0.1, -0.05) is 6.92 Å².